The Hall–Kier alpha value is -4.19. The van der Waals surface area contributed by atoms with Gasteiger partial charge in [0.1, 0.15) is 17.9 Å². The Labute approximate surface area is 210 Å². The van der Waals surface area contributed by atoms with Crippen LogP contribution in [0.1, 0.15) is 17.5 Å². The zero-order chi connectivity index (χ0) is 25.5. The zero-order valence-electron chi connectivity index (χ0n) is 20.5. The van der Waals surface area contributed by atoms with Crippen molar-refractivity contribution in [1.82, 2.24) is 9.88 Å². The second-order valence-corrected chi connectivity index (χ2v) is 8.74. The van der Waals surface area contributed by atoms with Crippen molar-refractivity contribution in [3.05, 3.63) is 72.5 Å². The quantitative estimate of drug-likeness (QED) is 0.425. The van der Waals surface area contributed by atoms with Crippen LogP contribution in [0.2, 0.25) is 0 Å². The summed E-state index contributed by atoms with van der Waals surface area (Å²) in [7, 11) is 3.86. The second kappa shape index (κ2) is 11.5. The van der Waals surface area contributed by atoms with Crippen molar-refractivity contribution in [3.8, 4) is 11.8 Å². The minimum atomic E-state index is -0.277. The number of nitrogens with zero attached hydrogens (tertiary/aromatic N) is 3. The van der Waals surface area contributed by atoms with E-state index >= 15 is 0 Å². The molecule has 1 atom stereocenters. The van der Waals surface area contributed by atoms with E-state index in [9.17, 15) is 10.1 Å². The van der Waals surface area contributed by atoms with Crippen LogP contribution in [0.15, 0.2) is 61.3 Å². The molecule has 1 fully saturated rings. The predicted octanol–water partition coefficient (Wildman–Crippen LogP) is 4.72. The summed E-state index contributed by atoms with van der Waals surface area (Å²) < 4.78 is 11.6. The number of carbonyl (C=O) groups excluding carboxylic acids is 1. The van der Waals surface area contributed by atoms with E-state index in [0.717, 1.165) is 17.7 Å². The number of rotatable bonds is 9. The Morgan fingerprint density at radius 3 is 2.94 bits per heavy atom. The number of ether oxygens (including phenoxy) is 2. The molecule has 3 aromatic rings. The first-order valence-corrected chi connectivity index (χ1v) is 11.7. The smallest absolute Gasteiger partial charge is 0.248 e. The van der Waals surface area contributed by atoms with Gasteiger partial charge in [0.05, 0.1) is 35.7 Å². The summed E-state index contributed by atoms with van der Waals surface area (Å²) in [6, 6.07) is 13.5. The van der Waals surface area contributed by atoms with Crippen molar-refractivity contribution < 1.29 is 14.3 Å². The number of likely N-dealkylation sites (N-methyl/N-ethyl adjacent to an activating group) is 1. The molecule has 1 aromatic heterocycles. The molecule has 1 amide bonds. The summed E-state index contributed by atoms with van der Waals surface area (Å²) in [4.78, 5) is 19.2. The van der Waals surface area contributed by atoms with Crippen LogP contribution in [-0.4, -0.2) is 55.7 Å². The third-order valence-electron chi connectivity index (χ3n) is 5.66. The third-order valence-corrected chi connectivity index (χ3v) is 5.66. The highest BCUT2D eigenvalue weighted by atomic mass is 16.5. The summed E-state index contributed by atoms with van der Waals surface area (Å²) in [6.07, 6.45) is 7.23. The fraction of sp³-hybridized carbons (Fsp3) is 0.250. The number of amides is 1. The highest BCUT2D eigenvalue weighted by Crippen LogP contribution is 2.37. The molecule has 0 saturated carbocycles. The van der Waals surface area contributed by atoms with Crippen LogP contribution in [-0.2, 0) is 9.53 Å². The molecule has 1 saturated heterocycles. The van der Waals surface area contributed by atoms with Gasteiger partial charge in [0, 0.05) is 42.4 Å². The topological polar surface area (TPSA) is 99.5 Å². The van der Waals surface area contributed by atoms with Gasteiger partial charge < -0.3 is 25.0 Å². The standard InChI is InChI=1S/C28H29N5O3/c1-4-19-7-5-8-21(13-19)31-28-20(16-29)17-30-24-15-26(36-22-10-12-35-18-22)25(14-23(24)28)32-27(34)9-6-11-33(2)3/h4-9,13-15,17,22H,1,10-12,18H2,2-3H3,(H,30,31)(H,32,34)/b9-6+. The predicted molar refractivity (Wildman–Crippen MR) is 142 cm³/mol. The minimum Gasteiger partial charge on any atom is -0.486 e. The number of hydrogen-bond acceptors (Lipinski definition) is 7. The first kappa shape index (κ1) is 24.9. The second-order valence-electron chi connectivity index (χ2n) is 8.74. The van der Waals surface area contributed by atoms with Crippen molar-refractivity contribution >= 4 is 39.9 Å². The van der Waals surface area contributed by atoms with Crippen molar-refractivity contribution in [3.63, 3.8) is 0 Å². The highest BCUT2D eigenvalue weighted by molar-refractivity contribution is 6.04. The molecule has 0 spiro atoms. The molecule has 8 heteroatoms. The molecular formula is C28H29N5O3. The van der Waals surface area contributed by atoms with Gasteiger partial charge in [-0.3, -0.25) is 9.78 Å². The maximum atomic E-state index is 12.7. The van der Waals surface area contributed by atoms with Gasteiger partial charge in [0.25, 0.3) is 0 Å². The maximum Gasteiger partial charge on any atom is 0.248 e. The monoisotopic (exact) mass is 483 g/mol. The number of nitriles is 1. The summed E-state index contributed by atoms with van der Waals surface area (Å²) in [6.45, 7) is 5.58. The lowest BCUT2D eigenvalue weighted by Gasteiger charge is -2.18. The summed E-state index contributed by atoms with van der Waals surface area (Å²) in [5.74, 6) is 0.227. The molecule has 184 valence electrons. The Balaban J connectivity index is 1.77. The van der Waals surface area contributed by atoms with Gasteiger partial charge in [-0.05, 0) is 37.9 Å². The van der Waals surface area contributed by atoms with Crippen LogP contribution < -0.4 is 15.4 Å². The normalized spacial score (nSPS) is 15.2. The Morgan fingerprint density at radius 2 is 2.22 bits per heavy atom. The SMILES string of the molecule is C=Cc1cccc(Nc2c(C#N)cnc3cc(OC4CCOC4)c(NC(=O)/C=C/CN(C)C)cc23)c1. The minimum absolute atomic E-state index is 0.111. The maximum absolute atomic E-state index is 12.7. The molecule has 2 N–H and O–H groups in total. The van der Waals surface area contributed by atoms with Gasteiger partial charge in [0.2, 0.25) is 5.91 Å². The molecule has 1 aliphatic rings. The van der Waals surface area contributed by atoms with E-state index in [1.165, 1.54) is 12.3 Å². The Kier molecular flexibility index (Phi) is 7.95. The van der Waals surface area contributed by atoms with E-state index < -0.39 is 0 Å². The molecule has 0 bridgehead atoms. The molecule has 36 heavy (non-hydrogen) atoms. The molecule has 4 rings (SSSR count). The lowest BCUT2D eigenvalue weighted by Crippen LogP contribution is -2.18. The molecule has 8 nitrogen and oxygen atoms in total. The molecule has 0 radical (unpaired) electrons. The number of hydrogen-bond donors (Lipinski definition) is 2. The summed E-state index contributed by atoms with van der Waals surface area (Å²) in [5, 5.41) is 16.8. The largest absolute Gasteiger partial charge is 0.486 e. The van der Waals surface area contributed by atoms with Gasteiger partial charge in [-0.25, -0.2) is 0 Å². The van der Waals surface area contributed by atoms with Gasteiger partial charge in [-0.2, -0.15) is 5.26 Å². The number of pyridine rings is 1. The van der Waals surface area contributed by atoms with E-state index in [1.807, 2.05) is 43.3 Å². The van der Waals surface area contributed by atoms with Crippen molar-refractivity contribution in [2.75, 3.05) is 44.5 Å². The summed E-state index contributed by atoms with van der Waals surface area (Å²) in [5.41, 5.74) is 3.85. The molecule has 0 aliphatic carbocycles. The van der Waals surface area contributed by atoms with E-state index in [-0.39, 0.29) is 12.0 Å². The van der Waals surface area contributed by atoms with Crippen molar-refractivity contribution in [2.45, 2.75) is 12.5 Å². The molecule has 2 heterocycles. The van der Waals surface area contributed by atoms with Crippen LogP contribution in [0.4, 0.5) is 17.1 Å². The Bertz CT molecular complexity index is 1340. The highest BCUT2D eigenvalue weighted by Gasteiger charge is 2.21. The van der Waals surface area contributed by atoms with Gasteiger partial charge in [-0.15, -0.1) is 0 Å². The number of benzene rings is 2. The van der Waals surface area contributed by atoms with Crippen molar-refractivity contribution in [2.24, 2.45) is 0 Å². The van der Waals surface area contributed by atoms with Crippen molar-refractivity contribution in [1.29, 1.82) is 5.26 Å². The first-order valence-electron chi connectivity index (χ1n) is 11.7. The van der Waals surface area contributed by atoms with E-state index in [1.54, 1.807) is 24.3 Å². The molecule has 1 unspecified atom stereocenters. The van der Waals surface area contributed by atoms with E-state index in [2.05, 4.69) is 28.3 Å². The van der Waals surface area contributed by atoms with Crippen LogP contribution in [0.5, 0.6) is 5.75 Å². The van der Waals surface area contributed by atoms with Crippen LogP contribution in [0.3, 0.4) is 0 Å². The average Bonchev–Trinajstić information content (AvgIpc) is 3.38. The van der Waals surface area contributed by atoms with Crippen LogP contribution in [0, 0.1) is 11.3 Å². The van der Waals surface area contributed by atoms with E-state index in [4.69, 9.17) is 9.47 Å². The lowest BCUT2D eigenvalue weighted by atomic mass is 10.1. The number of aromatic nitrogens is 1. The van der Waals surface area contributed by atoms with Crippen LogP contribution >= 0.6 is 0 Å². The number of anilines is 3. The van der Waals surface area contributed by atoms with E-state index in [0.29, 0.717) is 53.3 Å². The van der Waals surface area contributed by atoms with Crippen LogP contribution in [0.25, 0.3) is 17.0 Å². The molecule has 2 aromatic carbocycles. The zero-order valence-corrected chi connectivity index (χ0v) is 20.5. The van der Waals surface area contributed by atoms with Gasteiger partial charge in [-0.1, -0.05) is 30.9 Å². The fourth-order valence-corrected chi connectivity index (χ4v) is 3.85. The van der Waals surface area contributed by atoms with Gasteiger partial charge in [0.15, 0.2) is 0 Å². The number of nitrogens with one attached hydrogen (secondary N) is 2. The molecule has 1 aliphatic heterocycles. The Morgan fingerprint density at radius 1 is 1.36 bits per heavy atom. The first-order chi connectivity index (χ1) is 17.5. The number of carbonyl (C=O) groups is 1. The van der Waals surface area contributed by atoms with Gasteiger partial charge >= 0.3 is 0 Å². The number of fused-ring (bicyclic) bond motifs is 1. The average molecular weight is 484 g/mol. The summed E-state index contributed by atoms with van der Waals surface area (Å²) >= 11 is 0. The fourth-order valence-electron chi connectivity index (χ4n) is 3.85. The lowest BCUT2D eigenvalue weighted by molar-refractivity contribution is -0.111. The third kappa shape index (κ3) is 6.08. The molecular weight excluding hydrogens is 454 g/mol.